The zero-order chi connectivity index (χ0) is 18.4. The summed E-state index contributed by atoms with van der Waals surface area (Å²) in [5, 5.41) is 10.7. The van der Waals surface area contributed by atoms with Crippen molar-refractivity contribution in [1.82, 2.24) is 0 Å². The third kappa shape index (κ3) is 2.46. The Bertz CT molecular complexity index is 847. The number of likely N-dealkylation sites (N-methyl/N-ethyl adjacent to an activating group) is 1. The van der Waals surface area contributed by atoms with Crippen molar-refractivity contribution < 1.29 is 9.90 Å². The van der Waals surface area contributed by atoms with Gasteiger partial charge in [-0.05, 0) is 35.1 Å². The van der Waals surface area contributed by atoms with E-state index in [0.717, 1.165) is 16.8 Å². The first-order valence-electron chi connectivity index (χ1n) is 8.56. The SMILES string of the molecule is C=CCC1(c2cc(C(C)(C)C)ccc2O)C(=O)N(C)c2ccccc21. The number of allylic oxidation sites excluding steroid dienone is 1. The lowest BCUT2D eigenvalue weighted by molar-refractivity contribution is -0.121. The maximum absolute atomic E-state index is 13.4. The molecule has 0 bridgehead atoms. The molecule has 1 atom stereocenters. The number of hydrogen-bond acceptors (Lipinski definition) is 2. The van der Waals surface area contributed by atoms with Gasteiger partial charge in [-0.2, -0.15) is 0 Å². The number of para-hydroxylation sites is 1. The number of aromatic hydroxyl groups is 1. The van der Waals surface area contributed by atoms with Gasteiger partial charge in [0.2, 0.25) is 5.91 Å². The Kier molecular flexibility index (Phi) is 3.98. The van der Waals surface area contributed by atoms with Crippen LogP contribution in [0.25, 0.3) is 0 Å². The van der Waals surface area contributed by atoms with E-state index in [0.29, 0.717) is 12.0 Å². The molecule has 3 heteroatoms. The van der Waals surface area contributed by atoms with Crippen molar-refractivity contribution in [1.29, 1.82) is 0 Å². The minimum atomic E-state index is -0.932. The quantitative estimate of drug-likeness (QED) is 0.837. The zero-order valence-corrected chi connectivity index (χ0v) is 15.3. The number of anilines is 1. The molecule has 1 N–H and O–H groups in total. The highest BCUT2D eigenvalue weighted by Crippen LogP contribution is 2.50. The van der Waals surface area contributed by atoms with Crippen LogP contribution in [-0.2, 0) is 15.6 Å². The number of benzene rings is 2. The van der Waals surface area contributed by atoms with Crippen molar-refractivity contribution >= 4 is 11.6 Å². The lowest BCUT2D eigenvalue weighted by atomic mass is 9.71. The molecule has 1 amide bonds. The lowest BCUT2D eigenvalue weighted by Crippen LogP contribution is -2.39. The van der Waals surface area contributed by atoms with Gasteiger partial charge in [-0.15, -0.1) is 6.58 Å². The van der Waals surface area contributed by atoms with Crippen LogP contribution in [-0.4, -0.2) is 18.1 Å². The molecule has 2 aromatic carbocycles. The van der Waals surface area contributed by atoms with Crippen LogP contribution in [0.4, 0.5) is 5.69 Å². The fraction of sp³-hybridized carbons (Fsp3) is 0.318. The largest absolute Gasteiger partial charge is 0.508 e. The van der Waals surface area contributed by atoms with Crippen LogP contribution in [0.5, 0.6) is 5.75 Å². The maximum Gasteiger partial charge on any atom is 0.242 e. The minimum absolute atomic E-state index is 0.0324. The molecule has 2 aromatic rings. The minimum Gasteiger partial charge on any atom is -0.508 e. The summed E-state index contributed by atoms with van der Waals surface area (Å²) in [5.41, 5.74) is 2.53. The molecule has 25 heavy (non-hydrogen) atoms. The van der Waals surface area contributed by atoms with Crippen molar-refractivity contribution in [3.8, 4) is 5.75 Å². The Labute approximate surface area is 149 Å². The van der Waals surface area contributed by atoms with E-state index in [9.17, 15) is 9.90 Å². The van der Waals surface area contributed by atoms with Gasteiger partial charge in [0.1, 0.15) is 11.2 Å². The Hall–Kier alpha value is -2.55. The van der Waals surface area contributed by atoms with E-state index in [-0.39, 0.29) is 17.1 Å². The second-order valence-corrected chi connectivity index (χ2v) is 7.76. The number of nitrogens with zero attached hydrogens (tertiary/aromatic N) is 1. The van der Waals surface area contributed by atoms with Crippen LogP contribution in [0.15, 0.2) is 55.1 Å². The molecule has 1 aliphatic rings. The normalized spacial score (nSPS) is 19.8. The van der Waals surface area contributed by atoms with E-state index in [1.165, 1.54) is 0 Å². The lowest BCUT2D eigenvalue weighted by Gasteiger charge is -2.30. The molecule has 0 aromatic heterocycles. The number of fused-ring (bicyclic) bond motifs is 1. The molecule has 1 heterocycles. The van der Waals surface area contributed by atoms with Gasteiger partial charge in [0, 0.05) is 18.3 Å². The molecule has 0 fully saturated rings. The Morgan fingerprint density at radius 1 is 1.16 bits per heavy atom. The van der Waals surface area contributed by atoms with E-state index in [1.807, 2.05) is 36.4 Å². The summed E-state index contributed by atoms with van der Waals surface area (Å²) in [6, 6.07) is 13.4. The maximum atomic E-state index is 13.4. The predicted molar refractivity (Wildman–Crippen MR) is 102 cm³/mol. The molecular formula is C22H25NO2. The van der Waals surface area contributed by atoms with Crippen molar-refractivity contribution in [2.75, 3.05) is 11.9 Å². The number of rotatable bonds is 3. The molecule has 1 unspecified atom stereocenters. The molecule has 0 spiro atoms. The average Bonchev–Trinajstić information content (AvgIpc) is 2.78. The van der Waals surface area contributed by atoms with Crippen molar-refractivity contribution in [3.05, 3.63) is 71.8 Å². The van der Waals surface area contributed by atoms with Gasteiger partial charge in [0.05, 0.1) is 0 Å². The average molecular weight is 335 g/mol. The van der Waals surface area contributed by atoms with Crippen LogP contribution >= 0.6 is 0 Å². The summed E-state index contributed by atoms with van der Waals surface area (Å²) in [6.07, 6.45) is 2.20. The highest BCUT2D eigenvalue weighted by molar-refractivity contribution is 6.10. The second-order valence-electron chi connectivity index (χ2n) is 7.76. The fourth-order valence-corrected chi connectivity index (χ4v) is 3.77. The number of phenolic OH excluding ortho intramolecular Hbond substituents is 1. The molecule has 3 rings (SSSR count). The molecule has 130 valence electrons. The van der Waals surface area contributed by atoms with Crippen LogP contribution in [0.3, 0.4) is 0 Å². The second kappa shape index (κ2) is 5.76. The highest BCUT2D eigenvalue weighted by atomic mass is 16.3. The van der Waals surface area contributed by atoms with Crippen molar-refractivity contribution in [2.45, 2.75) is 38.0 Å². The third-order valence-corrected chi connectivity index (χ3v) is 5.17. The summed E-state index contributed by atoms with van der Waals surface area (Å²) < 4.78 is 0. The molecular weight excluding hydrogens is 310 g/mol. The summed E-state index contributed by atoms with van der Waals surface area (Å²) >= 11 is 0. The van der Waals surface area contributed by atoms with Gasteiger partial charge in [-0.1, -0.05) is 57.2 Å². The van der Waals surface area contributed by atoms with Gasteiger partial charge >= 0.3 is 0 Å². The van der Waals surface area contributed by atoms with Gasteiger partial charge in [0.25, 0.3) is 0 Å². The fourth-order valence-electron chi connectivity index (χ4n) is 3.77. The first-order valence-corrected chi connectivity index (χ1v) is 8.56. The molecule has 1 aliphatic heterocycles. The van der Waals surface area contributed by atoms with Crippen LogP contribution in [0.2, 0.25) is 0 Å². The van der Waals surface area contributed by atoms with Crippen LogP contribution in [0, 0.1) is 0 Å². The molecule has 0 saturated heterocycles. The first-order chi connectivity index (χ1) is 11.7. The van der Waals surface area contributed by atoms with E-state index >= 15 is 0 Å². The Morgan fingerprint density at radius 2 is 1.84 bits per heavy atom. The van der Waals surface area contributed by atoms with Crippen molar-refractivity contribution in [2.24, 2.45) is 0 Å². The molecule has 3 nitrogen and oxygen atoms in total. The van der Waals surface area contributed by atoms with E-state index in [1.54, 1.807) is 24.1 Å². The highest BCUT2D eigenvalue weighted by Gasteiger charge is 2.51. The summed E-state index contributed by atoms with van der Waals surface area (Å²) in [7, 11) is 1.79. The van der Waals surface area contributed by atoms with E-state index < -0.39 is 5.41 Å². The van der Waals surface area contributed by atoms with Crippen LogP contribution < -0.4 is 4.90 Å². The molecule has 0 aliphatic carbocycles. The van der Waals surface area contributed by atoms with Gasteiger partial charge in [0.15, 0.2) is 0 Å². The van der Waals surface area contributed by atoms with E-state index in [4.69, 9.17) is 0 Å². The number of hydrogen-bond donors (Lipinski definition) is 1. The smallest absolute Gasteiger partial charge is 0.242 e. The zero-order valence-electron chi connectivity index (χ0n) is 15.3. The Balaban J connectivity index is 2.35. The third-order valence-electron chi connectivity index (χ3n) is 5.17. The van der Waals surface area contributed by atoms with Crippen molar-refractivity contribution in [3.63, 3.8) is 0 Å². The molecule has 0 saturated carbocycles. The first kappa shape index (κ1) is 17.3. The Morgan fingerprint density at radius 3 is 2.48 bits per heavy atom. The summed E-state index contributed by atoms with van der Waals surface area (Å²) in [6.45, 7) is 10.3. The summed E-state index contributed by atoms with van der Waals surface area (Å²) in [5.74, 6) is 0.114. The topological polar surface area (TPSA) is 40.5 Å². The van der Waals surface area contributed by atoms with Gasteiger partial charge in [-0.3, -0.25) is 4.79 Å². The van der Waals surface area contributed by atoms with E-state index in [2.05, 4.69) is 27.4 Å². The number of phenols is 1. The number of carbonyl (C=O) groups excluding carboxylic acids is 1. The van der Waals surface area contributed by atoms with Gasteiger partial charge in [-0.25, -0.2) is 0 Å². The number of carbonyl (C=O) groups is 1. The summed E-state index contributed by atoms with van der Waals surface area (Å²) in [4.78, 5) is 15.0. The monoisotopic (exact) mass is 335 g/mol. The number of amides is 1. The standard InChI is InChI=1S/C22H25NO2/c1-6-13-22(16-9-7-8-10-18(16)23(5)20(22)25)17-14-15(21(2,3)4)11-12-19(17)24/h6-12,14,24H,1,13H2,2-5H3. The van der Waals surface area contributed by atoms with Crippen LogP contribution in [0.1, 0.15) is 43.9 Å². The predicted octanol–water partition coefficient (Wildman–Crippen LogP) is 4.53. The van der Waals surface area contributed by atoms with Gasteiger partial charge < -0.3 is 10.0 Å². The molecule has 0 radical (unpaired) electrons.